The van der Waals surface area contributed by atoms with Gasteiger partial charge in [0.2, 0.25) is 0 Å². The zero-order valence-electron chi connectivity index (χ0n) is 10.3. The Kier molecular flexibility index (Phi) is 4.71. The van der Waals surface area contributed by atoms with E-state index in [1.54, 1.807) is 19.2 Å². The molecule has 1 aromatic heterocycles. The summed E-state index contributed by atoms with van der Waals surface area (Å²) in [4.78, 5) is 1.41. The van der Waals surface area contributed by atoms with Crippen LogP contribution in [0.3, 0.4) is 0 Å². The highest BCUT2D eigenvalue weighted by molar-refractivity contribution is 6.35. The first-order valence-corrected chi connectivity index (χ1v) is 6.47. The van der Waals surface area contributed by atoms with Crippen LogP contribution < -0.4 is 11.3 Å². The number of rotatable bonds is 5. The smallest absolute Gasteiger partial charge is 0.176 e. The molecule has 2 rings (SSSR count). The number of halogens is 2. The Bertz CT molecular complexity index is 556. The first kappa shape index (κ1) is 14.2. The second-order valence-corrected chi connectivity index (χ2v) is 5.05. The predicted octanol–water partition coefficient (Wildman–Crippen LogP) is 1.13. The molecule has 0 fully saturated rings. The predicted molar refractivity (Wildman–Crippen MR) is 73.8 cm³/mol. The van der Waals surface area contributed by atoms with Gasteiger partial charge in [-0.2, -0.15) is 4.80 Å². The molecular formula is C11H14Cl2N6. The second kappa shape index (κ2) is 6.29. The van der Waals surface area contributed by atoms with E-state index in [0.717, 1.165) is 5.56 Å². The molecule has 1 aromatic carbocycles. The SMILES string of the molecule is Cn1nnc(CC(Cc2ccc(Cl)cc2Cl)NN)n1. The summed E-state index contributed by atoms with van der Waals surface area (Å²) in [6.45, 7) is 0. The standard InChI is InChI=1S/C11H14Cl2N6/c1-19-17-11(16-18-19)6-9(15-14)4-7-2-3-8(12)5-10(7)13/h2-3,5,9,15H,4,6,14H2,1H3. The van der Waals surface area contributed by atoms with Gasteiger partial charge in [-0.15, -0.1) is 10.2 Å². The number of hydrazine groups is 1. The highest BCUT2D eigenvalue weighted by Gasteiger charge is 2.14. The number of nitrogens with zero attached hydrogens (tertiary/aromatic N) is 4. The number of aromatic nitrogens is 4. The average Bonchev–Trinajstić information content (AvgIpc) is 2.77. The molecule has 1 heterocycles. The Balaban J connectivity index is 2.06. The number of tetrazole rings is 1. The molecule has 102 valence electrons. The fraction of sp³-hybridized carbons (Fsp3) is 0.364. The van der Waals surface area contributed by atoms with Crippen molar-refractivity contribution in [3.63, 3.8) is 0 Å². The maximum Gasteiger partial charge on any atom is 0.176 e. The van der Waals surface area contributed by atoms with Crippen LogP contribution in [0, 0.1) is 0 Å². The molecule has 0 saturated carbocycles. The molecule has 1 unspecified atom stereocenters. The van der Waals surface area contributed by atoms with Crippen LogP contribution >= 0.6 is 23.2 Å². The van der Waals surface area contributed by atoms with Gasteiger partial charge in [0, 0.05) is 22.5 Å². The quantitative estimate of drug-likeness (QED) is 0.639. The van der Waals surface area contributed by atoms with Crippen molar-refractivity contribution in [2.75, 3.05) is 0 Å². The van der Waals surface area contributed by atoms with E-state index in [2.05, 4.69) is 20.8 Å². The number of aryl methyl sites for hydroxylation is 1. The van der Waals surface area contributed by atoms with E-state index in [1.807, 2.05) is 6.07 Å². The summed E-state index contributed by atoms with van der Waals surface area (Å²) in [5, 5.41) is 13.1. The molecule has 0 bridgehead atoms. The van der Waals surface area contributed by atoms with Crippen LogP contribution in [0.1, 0.15) is 11.4 Å². The van der Waals surface area contributed by atoms with Gasteiger partial charge in [0.05, 0.1) is 7.05 Å². The maximum absolute atomic E-state index is 6.14. The second-order valence-electron chi connectivity index (χ2n) is 4.20. The van der Waals surface area contributed by atoms with Gasteiger partial charge >= 0.3 is 0 Å². The van der Waals surface area contributed by atoms with Crippen LogP contribution in [0.5, 0.6) is 0 Å². The van der Waals surface area contributed by atoms with Crippen molar-refractivity contribution in [2.24, 2.45) is 12.9 Å². The average molecular weight is 301 g/mol. The minimum atomic E-state index is -0.0251. The van der Waals surface area contributed by atoms with Gasteiger partial charge in [-0.05, 0) is 29.3 Å². The van der Waals surface area contributed by atoms with Crippen LogP contribution in [0.2, 0.25) is 10.0 Å². The maximum atomic E-state index is 6.14. The van der Waals surface area contributed by atoms with Crippen LogP contribution in [0.25, 0.3) is 0 Å². The lowest BCUT2D eigenvalue weighted by molar-refractivity contribution is 0.510. The summed E-state index contributed by atoms with van der Waals surface area (Å²) in [7, 11) is 1.72. The summed E-state index contributed by atoms with van der Waals surface area (Å²) >= 11 is 12.0. The van der Waals surface area contributed by atoms with Crippen molar-refractivity contribution >= 4 is 23.2 Å². The van der Waals surface area contributed by atoms with E-state index >= 15 is 0 Å². The zero-order valence-corrected chi connectivity index (χ0v) is 11.9. The minimum Gasteiger partial charge on any atom is -0.271 e. The van der Waals surface area contributed by atoms with Crippen LogP contribution in [0.4, 0.5) is 0 Å². The van der Waals surface area contributed by atoms with Crippen molar-refractivity contribution < 1.29 is 0 Å². The fourth-order valence-corrected chi connectivity index (χ4v) is 2.25. The Labute approximate surface area is 120 Å². The molecule has 0 aliphatic heterocycles. The number of benzene rings is 1. The van der Waals surface area contributed by atoms with Gasteiger partial charge in [-0.3, -0.25) is 11.3 Å². The van der Waals surface area contributed by atoms with Crippen LogP contribution in [0.15, 0.2) is 18.2 Å². The highest BCUT2D eigenvalue weighted by atomic mass is 35.5. The molecule has 0 radical (unpaired) electrons. The van der Waals surface area contributed by atoms with E-state index in [0.29, 0.717) is 28.7 Å². The third-order valence-corrected chi connectivity index (χ3v) is 3.28. The van der Waals surface area contributed by atoms with Crippen molar-refractivity contribution in [2.45, 2.75) is 18.9 Å². The van der Waals surface area contributed by atoms with Gasteiger partial charge in [0.1, 0.15) is 0 Å². The summed E-state index contributed by atoms with van der Waals surface area (Å²) < 4.78 is 0. The van der Waals surface area contributed by atoms with E-state index in [4.69, 9.17) is 29.0 Å². The molecule has 3 N–H and O–H groups in total. The summed E-state index contributed by atoms with van der Waals surface area (Å²) in [6.07, 6.45) is 1.23. The summed E-state index contributed by atoms with van der Waals surface area (Å²) in [5.41, 5.74) is 3.71. The monoisotopic (exact) mass is 300 g/mol. The minimum absolute atomic E-state index is 0.0251. The van der Waals surface area contributed by atoms with E-state index in [9.17, 15) is 0 Å². The Morgan fingerprint density at radius 3 is 2.74 bits per heavy atom. The van der Waals surface area contributed by atoms with Gasteiger partial charge < -0.3 is 0 Å². The van der Waals surface area contributed by atoms with Crippen molar-refractivity contribution in [1.82, 2.24) is 25.6 Å². The molecular weight excluding hydrogens is 287 g/mol. The van der Waals surface area contributed by atoms with Crippen LogP contribution in [-0.2, 0) is 19.9 Å². The lowest BCUT2D eigenvalue weighted by Crippen LogP contribution is -2.38. The van der Waals surface area contributed by atoms with Crippen LogP contribution in [-0.4, -0.2) is 26.2 Å². The number of hydrogen-bond acceptors (Lipinski definition) is 5. The molecule has 0 saturated heterocycles. The zero-order chi connectivity index (χ0) is 13.8. The Morgan fingerprint density at radius 2 is 2.16 bits per heavy atom. The summed E-state index contributed by atoms with van der Waals surface area (Å²) in [5.74, 6) is 6.19. The van der Waals surface area contributed by atoms with Gasteiger partial charge in [-0.25, -0.2) is 0 Å². The fourth-order valence-electron chi connectivity index (χ4n) is 1.77. The largest absolute Gasteiger partial charge is 0.271 e. The Morgan fingerprint density at radius 1 is 1.37 bits per heavy atom. The van der Waals surface area contributed by atoms with Crippen molar-refractivity contribution in [3.8, 4) is 0 Å². The first-order chi connectivity index (χ1) is 9.08. The van der Waals surface area contributed by atoms with Crippen molar-refractivity contribution in [3.05, 3.63) is 39.6 Å². The van der Waals surface area contributed by atoms with Gasteiger partial charge in [-0.1, -0.05) is 29.3 Å². The molecule has 2 aromatic rings. The first-order valence-electron chi connectivity index (χ1n) is 5.71. The normalized spacial score (nSPS) is 12.6. The van der Waals surface area contributed by atoms with E-state index in [-0.39, 0.29) is 6.04 Å². The van der Waals surface area contributed by atoms with E-state index < -0.39 is 0 Å². The molecule has 8 heteroatoms. The number of nitrogens with two attached hydrogens (primary N) is 1. The molecule has 0 amide bonds. The lowest BCUT2D eigenvalue weighted by Gasteiger charge is -2.15. The Hall–Kier alpha value is -1.21. The number of hydrogen-bond donors (Lipinski definition) is 2. The third kappa shape index (κ3) is 3.87. The van der Waals surface area contributed by atoms with Crippen molar-refractivity contribution in [1.29, 1.82) is 0 Å². The van der Waals surface area contributed by atoms with Gasteiger partial charge in [0.15, 0.2) is 5.82 Å². The van der Waals surface area contributed by atoms with E-state index in [1.165, 1.54) is 4.80 Å². The number of nitrogens with one attached hydrogen (secondary N) is 1. The summed E-state index contributed by atoms with van der Waals surface area (Å²) in [6, 6.07) is 5.38. The van der Waals surface area contributed by atoms with Gasteiger partial charge in [0.25, 0.3) is 0 Å². The molecule has 0 aliphatic carbocycles. The highest BCUT2D eigenvalue weighted by Crippen LogP contribution is 2.22. The third-order valence-electron chi connectivity index (χ3n) is 2.70. The molecule has 0 spiro atoms. The molecule has 6 nitrogen and oxygen atoms in total. The topological polar surface area (TPSA) is 81.7 Å². The molecule has 1 atom stereocenters. The molecule has 0 aliphatic rings. The molecule has 19 heavy (non-hydrogen) atoms. The lowest BCUT2D eigenvalue weighted by atomic mass is 10.0.